The van der Waals surface area contributed by atoms with Crippen molar-refractivity contribution in [3.8, 4) is 0 Å². The molecule has 0 radical (unpaired) electrons. The highest BCUT2D eigenvalue weighted by molar-refractivity contribution is 7.92. The Morgan fingerprint density at radius 3 is 2.62 bits per heavy atom. The first-order chi connectivity index (χ1) is 11.2. The first-order valence-electron chi connectivity index (χ1n) is 8.27. The van der Waals surface area contributed by atoms with Crippen molar-refractivity contribution < 1.29 is 13.2 Å². The van der Waals surface area contributed by atoms with E-state index in [-0.39, 0.29) is 18.5 Å². The Bertz CT molecular complexity index is 750. The Morgan fingerprint density at radius 1 is 1.33 bits per heavy atom. The number of rotatable bonds is 5. The molecule has 0 aliphatic heterocycles. The molecule has 7 heteroatoms. The Labute approximate surface area is 148 Å². The van der Waals surface area contributed by atoms with Crippen LogP contribution in [-0.2, 0) is 14.8 Å². The fraction of sp³-hybridized carbons (Fsp3) is 0.588. The number of anilines is 1. The van der Waals surface area contributed by atoms with Crippen LogP contribution >= 0.6 is 11.6 Å². The molecule has 1 N–H and O–H groups in total. The molecule has 0 spiro atoms. The van der Waals surface area contributed by atoms with E-state index in [1.807, 2.05) is 0 Å². The minimum Gasteiger partial charge on any atom is -0.352 e. The number of aryl methyl sites for hydroxylation is 1. The van der Waals surface area contributed by atoms with Gasteiger partial charge in [-0.2, -0.15) is 0 Å². The highest BCUT2D eigenvalue weighted by Gasteiger charge is 2.40. The lowest BCUT2D eigenvalue weighted by molar-refractivity contribution is -0.120. The Balaban J connectivity index is 1.74. The highest BCUT2D eigenvalue weighted by Crippen LogP contribution is 2.44. The maximum Gasteiger partial charge on any atom is 0.241 e. The van der Waals surface area contributed by atoms with E-state index in [9.17, 15) is 13.2 Å². The van der Waals surface area contributed by atoms with E-state index < -0.39 is 10.0 Å². The van der Waals surface area contributed by atoms with Gasteiger partial charge < -0.3 is 5.32 Å². The van der Waals surface area contributed by atoms with Gasteiger partial charge in [0.2, 0.25) is 15.9 Å². The number of sulfonamides is 1. The number of fused-ring (bicyclic) bond motifs is 2. The number of nitrogens with one attached hydrogen (secondary N) is 1. The van der Waals surface area contributed by atoms with Gasteiger partial charge in [0.1, 0.15) is 6.54 Å². The Morgan fingerprint density at radius 2 is 2.08 bits per heavy atom. The second-order valence-corrected chi connectivity index (χ2v) is 9.39. The number of carbonyl (C=O) groups is 1. The normalized spacial score (nSPS) is 25.7. The van der Waals surface area contributed by atoms with Gasteiger partial charge in [0, 0.05) is 11.1 Å². The van der Waals surface area contributed by atoms with Crippen LogP contribution in [-0.4, -0.2) is 33.2 Å². The summed E-state index contributed by atoms with van der Waals surface area (Å²) in [5, 5.41) is 3.58. The smallest absolute Gasteiger partial charge is 0.241 e. The van der Waals surface area contributed by atoms with Crippen LogP contribution in [0.3, 0.4) is 0 Å². The number of nitrogens with zero attached hydrogens (tertiary/aromatic N) is 1. The van der Waals surface area contributed by atoms with Crippen molar-refractivity contribution in [1.82, 2.24) is 5.32 Å². The second kappa shape index (κ2) is 6.56. The summed E-state index contributed by atoms with van der Waals surface area (Å²) in [5.74, 6) is 1.04. The molecular weight excluding hydrogens is 348 g/mol. The zero-order valence-corrected chi connectivity index (χ0v) is 15.5. The number of benzene rings is 1. The molecule has 0 aromatic heterocycles. The topological polar surface area (TPSA) is 66.5 Å². The molecule has 0 heterocycles. The van der Waals surface area contributed by atoms with Crippen molar-refractivity contribution in [1.29, 1.82) is 0 Å². The summed E-state index contributed by atoms with van der Waals surface area (Å²) in [5.41, 5.74) is 1.21. The Kier molecular flexibility index (Phi) is 4.80. The quantitative estimate of drug-likeness (QED) is 0.866. The first kappa shape index (κ1) is 17.5. The number of hydrogen-bond donors (Lipinski definition) is 1. The lowest BCUT2D eigenvalue weighted by Crippen LogP contribution is -2.45. The minimum atomic E-state index is -3.56. The molecule has 0 saturated heterocycles. The zero-order chi connectivity index (χ0) is 17.5. The largest absolute Gasteiger partial charge is 0.352 e. The van der Waals surface area contributed by atoms with Crippen LogP contribution in [0.25, 0.3) is 0 Å². The average molecular weight is 371 g/mol. The molecule has 2 fully saturated rings. The SMILES string of the molecule is Cc1cc(Cl)ccc1N(CC(=O)N[C@@H]1C[C@@H]2CC[C@H]1C2)S(C)(=O)=O. The summed E-state index contributed by atoms with van der Waals surface area (Å²) in [6.45, 7) is 1.59. The van der Waals surface area contributed by atoms with Crippen LogP contribution in [0.15, 0.2) is 18.2 Å². The molecule has 1 aromatic carbocycles. The summed E-state index contributed by atoms with van der Waals surface area (Å²) >= 11 is 5.94. The number of halogens is 1. The van der Waals surface area contributed by atoms with Crippen LogP contribution in [0, 0.1) is 18.8 Å². The van der Waals surface area contributed by atoms with Gasteiger partial charge in [-0.25, -0.2) is 8.42 Å². The van der Waals surface area contributed by atoms with E-state index in [4.69, 9.17) is 11.6 Å². The van der Waals surface area contributed by atoms with Crippen molar-refractivity contribution >= 4 is 33.2 Å². The summed E-state index contributed by atoms with van der Waals surface area (Å²) in [7, 11) is -3.56. The summed E-state index contributed by atoms with van der Waals surface area (Å²) in [6.07, 6.45) is 5.76. The predicted molar refractivity (Wildman–Crippen MR) is 95.8 cm³/mol. The van der Waals surface area contributed by atoms with Crippen LogP contribution < -0.4 is 9.62 Å². The van der Waals surface area contributed by atoms with Gasteiger partial charge in [0.25, 0.3) is 0 Å². The molecule has 2 aliphatic rings. The second-order valence-electron chi connectivity index (χ2n) is 7.05. The molecular formula is C17H23ClN2O3S. The van der Waals surface area contributed by atoms with Gasteiger partial charge in [-0.15, -0.1) is 0 Å². The summed E-state index contributed by atoms with van der Waals surface area (Å²) < 4.78 is 25.5. The average Bonchev–Trinajstić information content (AvgIpc) is 3.07. The molecule has 1 amide bonds. The van der Waals surface area contributed by atoms with Gasteiger partial charge >= 0.3 is 0 Å². The molecule has 2 aliphatic carbocycles. The van der Waals surface area contributed by atoms with Gasteiger partial charge in [-0.05, 0) is 61.8 Å². The lowest BCUT2D eigenvalue weighted by Gasteiger charge is -2.27. The van der Waals surface area contributed by atoms with E-state index in [2.05, 4.69) is 5.32 Å². The number of carbonyl (C=O) groups excluding carboxylic acids is 1. The molecule has 24 heavy (non-hydrogen) atoms. The van der Waals surface area contributed by atoms with Crippen molar-refractivity contribution in [2.45, 2.75) is 38.6 Å². The molecule has 3 rings (SSSR count). The molecule has 3 atom stereocenters. The monoisotopic (exact) mass is 370 g/mol. The van der Waals surface area contributed by atoms with E-state index in [0.29, 0.717) is 16.6 Å². The maximum atomic E-state index is 12.4. The molecule has 2 bridgehead atoms. The molecule has 0 unspecified atom stereocenters. The Hall–Kier alpha value is -1.27. The number of hydrogen-bond acceptors (Lipinski definition) is 3. The predicted octanol–water partition coefficient (Wildman–Crippen LogP) is 2.72. The van der Waals surface area contributed by atoms with Gasteiger partial charge in [0.05, 0.1) is 11.9 Å². The van der Waals surface area contributed by atoms with E-state index in [0.717, 1.165) is 28.5 Å². The van der Waals surface area contributed by atoms with Crippen molar-refractivity contribution in [2.24, 2.45) is 11.8 Å². The first-order valence-corrected chi connectivity index (χ1v) is 10.5. The highest BCUT2D eigenvalue weighted by atomic mass is 35.5. The standard InChI is InChI=1S/C17H23ClN2O3S/c1-11-7-14(18)5-6-16(11)20(24(2,22)23)10-17(21)19-15-9-12-3-4-13(15)8-12/h5-7,12-13,15H,3-4,8-10H2,1-2H3,(H,19,21)/t12-,13+,15-/m1/s1. The van der Waals surface area contributed by atoms with Crippen LogP contribution in [0.5, 0.6) is 0 Å². The van der Waals surface area contributed by atoms with E-state index in [1.165, 1.54) is 19.3 Å². The third-order valence-electron chi connectivity index (χ3n) is 5.20. The van der Waals surface area contributed by atoms with E-state index in [1.54, 1.807) is 25.1 Å². The summed E-state index contributed by atoms with van der Waals surface area (Å²) in [4.78, 5) is 12.4. The third kappa shape index (κ3) is 3.70. The van der Waals surface area contributed by atoms with Crippen molar-refractivity contribution in [3.63, 3.8) is 0 Å². The van der Waals surface area contributed by atoms with Gasteiger partial charge in [-0.3, -0.25) is 9.10 Å². The van der Waals surface area contributed by atoms with Crippen LogP contribution in [0.2, 0.25) is 5.02 Å². The maximum absolute atomic E-state index is 12.4. The fourth-order valence-corrected chi connectivity index (χ4v) is 5.22. The van der Waals surface area contributed by atoms with E-state index >= 15 is 0 Å². The van der Waals surface area contributed by atoms with Crippen molar-refractivity contribution in [2.75, 3.05) is 17.1 Å². The summed E-state index contributed by atoms with van der Waals surface area (Å²) in [6, 6.07) is 5.17. The minimum absolute atomic E-state index is 0.198. The third-order valence-corrected chi connectivity index (χ3v) is 6.56. The molecule has 5 nitrogen and oxygen atoms in total. The molecule has 2 saturated carbocycles. The number of amides is 1. The van der Waals surface area contributed by atoms with Gasteiger partial charge in [-0.1, -0.05) is 18.0 Å². The lowest BCUT2D eigenvalue weighted by atomic mass is 9.95. The van der Waals surface area contributed by atoms with Crippen LogP contribution in [0.1, 0.15) is 31.2 Å². The fourth-order valence-electron chi connectivity index (χ4n) is 4.08. The van der Waals surface area contributed by atoms with Crippen LogP contribution in [0.4, 0.5) is 5.69 Å². The van der Waals surface area contributed by atoms with Gasteiger partial charge in [0.15, 0.2) is 0 Å². The zero-order valence-electron chi connectivity index (χ0n) is 14.0. The van der Waals surface area contributed by atoms with Crippen molar-refractivity contribution in [3.05, 3.63) is 28.8 Å². The molecule has 132 valence electrons. The molecule has 1 aromatic rings.